The van der Waals surface area contributed by atoms with Gasteiger partial charge in [-0.1, -0.05) is 17.3 Å². The van der Waals surface area contributed by atoms with Crippen LogP contribution in [0, 0.1) is 13.8 Å². The van der Waals surface area contributed by atoms with Crippen LogP contribution in [-0.4, -0.2) is 21.3 Å². The molecule has 17 heavy (non-hydrogen) atoms. The summed E-state index contributed by atoms with van der Waals surface area (Å²) in [6.07, 6.45) is 0. The van der Waals surface area contributed by atoms with E-state index >= 15 is 0 Å². The van der Waals surface area contributed by atoms with Gasteiger partial charge in [-0.05, 0) is 25.0 Å². The largest absolute Gasteiger partial charge is 0.507 e. The molecule has 1 heterocycles. The number of aromatic nitrogens is 1. The van der Waals surface area contributed by atoms with Crippen molar-refractivity contribution < 1.29 is 19.5 Å². The average molecular weight is 233 g/mol. The van der Waals surface area contributed by atoms with Gasteiger partial charge in [0.2, 0.25) is 5.76 Å². The maximum Gasteiger partial charge on any atom is 0.374 e. The molecule has 0 bridgehead atoms. The molecule has 2 aromatic rings. The van der Waals surface area contributed by atoms with Crippen LogP contribution in [0.1, 0.15) is 21.7 Å². The molecule has 0 aliphatic carbocycles. The fourth-order valence-electron chi connectivity index (χ4n) is 1.61. The Bertz CT molecular complexity index is 586. The van der Waals surface area contributed by atoms with E-state index in [1.54, 1.807) is 13.0 Å². The zero-order chi connectivity index (χ0) is 12.6. The van der Waals surface area contributed by atoms with Crippen molar-refractivity contribution in [3.05, 3.63) is 35.1 Å². The molecular formula is C12H11NO4. The Morgan fingerprint density at radius 2 is 1.94 bits per heavy atom. The summed E-state index contributed by atoms with van der Waals surface area (Å²) in [6, 6.07) is 4.91. The molecule has 0 fully saturated rings. The quantitative estimate of drug-likeness (QED) is 0.831. The SMILES string of the molecule is Cc1ccc(C)c(-c2cc(C(=O)O)on2)c1O. The summed E-state index contributed by atoms with van der Waals surface area (Å²) in [5.74, 6) is -1.34. The van der Waals surface area contributed by atoms with Gasteiger partial charge in [-0.3, -0.25) is 0 Å². The second kappa shape index (κ2) is 3.93. The number of aromatic hydroxyl groups is 1. The van der Waals surface area contributed by atoms with Crippen LogP contribution in [0.2, 0.25) is 0 Å². The predicted molar refractivity (Wildman–Crippen MR) is 60.0 cm³/mol. The van der Waals surface area contributed by atoms with Gasteiger partial charge in [0.25, 0.3) is 0 Å². The number of phenolic OH excluding ortho intramolecular Hbond substituents is 1. The first-order chi connectivity index (χ1) is 8.00. The van der Waals surface area contributed by atoms with Gasteiger partial charge in [0, 0.05) is 11.6 Å². The Labute approximate surface area is 97.3 Å². The lowest BCUT2D eigenvalue weighted by atomic mass is 10.0. The number of benzene rings is 1. The maximum absolute atomic E-state index is 10.7. The molecule has 0 amide bonds. The number of phenols is 1. The van der Waals surface area contributed by atoms with Gasteiger partial charge < -0.3 is 14.7 Å². The molecule has 0 radical (unpaired) electrons. The van der Waals surface area contributed by atoms with E-state index in [1.165, 1.54) is 6.07 Å². The summed E-state index contributed by atoms with van der Waals surface area (Å²) in [5, 5.41) is 22.3. The molecule has 5 heteroatoms. The minimum absolute atomic E-state index is 0.0928. The van der Waals surface area contributed by atoms with Gasteiger partial charge >= 0.3 is 5.97 Å². The molecule has 0 saturated carbocycles. The van der Waals surface area contributed by atoms with Crippen LogP contribution in [0.3, 0.4) is 0 Å². The van der Waals surface area contributed by atoms with Gasteiger partial charge in [0.1, 0.15) is 11.4 Å². The van der Waals surface area contributed by atoms with Crippen LogP contribution in [-0.2, 0) is 0 Å². The smallest absolute Gasteiger partial charge is 0.374 e. The molecular weight excluding hydrogens is 222 g/mol. The Morgan fingerprint density at radius 3 is 2.53 bits per heavy atom. The van der Waals surface area contributed by atoms with E-state index < -0.39 is 5.97 Å². The Balaban J connectivity index is 2.60. The zero-order valence-corrected chi connectivity index (χ0v) is 9.39. The van der Waals surface area contributed by atoms with E-state index in [9.17, 15) is 9.90 Å². The van der Waals surface area contributed by atoms with Gasteiger partial charge in [-0.25, -0.2) is 4.79 Å². The van der Waals surface area contributed by atoms with E-state index in [-0.39, 0.29) is 11.5 Å². The fraction of sp³-hybridized carbons (Fsp3) is 0.167. The fourth-order valence-corrected chi connectivity index (χ4v) is 1.61. The molecule has 0 atom stereocenters. The number of carboxylic acids is 1. The van der Waals surface area contributed by atoms with E-state index in [4.69, 9.17) is 5.11 Å². The molecule has 0 saturated heterocycles. The van der Waals surface area contributed by atoms with Crippen molar-refractivity contribution in [3.63, 3.8) is 0 Å². The van der Waals surface area contributed by atoms with Crippen molar-refractivity contribution in [1.29, 1.82) is 0 Å². The number of aryl methyl sites for hydroxylation is 2. The van der Waals surface area contributed by atoms with Gasteiger partial charge in [0.15, 0.2) is 0 Å². The number of carbonyl (C=O) groups is 1. The number of carboxylic acid groups (broad SMARTS) is 1. The van der Waals surface area contributed by atoms with Gasteiger partial charge in [0.05, 0.1) is 0 Å². The Hall–Kier alpha value is -2.30. The van der Waals surface area contributed by atoms with E-state index in [2.05, 4.69) is 9.68 Å². The normalized spacial score (nSPS) is 10.5. The van der Waals surface area contributed by atoms with Crippen LogP contribution < -0.4 is 0 Å². The lowest BCUT2D eigenvalue weighted by Gasteiger charge is -2.07. The van der Waals surface area contributed by atoms with Crippen LogP contribution >= 0.6 is 0 Å². The highest BCUT2D eigenvalue weighted by Gasteiger charge is 2.17. The molecule has 1 aromatic heterocycles. The van der Waals surface area contributed by atoms with Crippen molar-refractivity contribution in [3.8, 4) is 17.0 Å². The third kappa shape index (κ3) is 1.87. The van der Waals surface area contributed by atoms with Crippen LogP contribution in [0.4, 0.5) is 0 Å². The third-order valence-electron chi connectivity index (χ3n) is 2.57. The number of hydrogen-bond acceptors (Lipinski definition) is 4. The van der Waals surface area contributed by atoms with E-state index in [0.717, 1.165) is 5.56 Å². The van der Waals surface area contributed by atoms with Crippen molar-refractivity contribution in [1.82, 2.24) is 5.16 Å². The highest BCUT2D eigenvalue weighted by molar-refractivity contribution is 5.86. The van der Waals surface area contributed by atoms with Crippen molar-refractivity contribution in [2.24, 2.45) is 0 Å². The predicted octanol–water partition coefficient (Wildman–Crippen LogP) is 2.36. The number of rotatable bonds is 2. The number of hydrogen-bond donors (Lipinski definition) is 2. The van der Waals surface area contributed by atoms with Gasteiger partial charge in [-0.15, -0.1) is 0 Å². The number of nitrogens with zero attached hydrogens (tertiary/aromatic N) is 1. The first-order valence-corrected chi connectivity index (χ1v) is 5.00. The summed E-state index contributed by atoms with van der Waals surface area (Å²) in [4.78, 5) is 10.7. The topological polar surface area (TPSA) is 83.6 Å². The summed E-state index contributed by atoms with van der Waals surface area (Å²) in [7, 11) is 0. The molecule has 0 aliphatic heterocycles. The average Bonchev–Trinajstić information content (AvgIpc) is 2.73. The highest BCUT2D eigenvalue weighted by atomic mass is 16.5. The van der Waals surface area contributed by atoms with Crippen LogP contribution in [0.15, 0.2) is 22.7 Å². The summed E-state index contributed by atoms with van der Waals surface area (Å²) >= 11 is 0. The van der Waals surface area contributed by atoms with Crippen molar-refractivity contribution in [2.45, 2.75) is 13.8 Å². The molecule has 5 nitrogen and oxygen atoms in total. The second-order valence-corrected chi connectivity index (χ2v) is 3.80. The van der Waals surface area contributed by atoms with Crippen molar-refractivity contribution in [2.75, 3.05) is 0 Å². The zero-order valence-electron chi connectivity index (χ0n) is 9.39. The molecule has 88 valence electrons. The summed E-state index contributed by atoms with van der Waals surface area (Å²) in [6.45, 7) is 3.57. The minimum atomic E-state index is -1.19. The summed E-state index contributed by atoms with van der Waals surface area (Å²) in [5.41, 5.74) is 2.33. The van der Waals surface area contributed by atoms with E-state index in [0.29, 0.717) is 16.8 Å². The second-order valence-electron chi connectivity index (χ2n) is 3.80. The third-order valence-corrected chi connectivity index (χ3v) is 2.57. The first-order valence-electron chi connectivity index (χ1n) is 5.00. The minimum Gasteiger partial charge on any atom is -0.507 e. The van der Waals surface area contributed by atoms with E-state index in [1.807, 2.05) is 13.0 Å². The molecule has 2 rings (SSSR count). The highest BCUT2D eigenvalue weighted by Crippen LogP contribution is 2.34. The molecule has 2 N–H and O–H groups in total. The molecule has 0 unspecified atom stereocenters. The standard InChI is InChI=1S/C12H11NO4/c1-6-3-4-7(2)11(14)10(6)8-5-9(12(15)16)17-13-8/h3-5,14H,1-2H3,(H,15,16). The first kappa shape index (κ1) is 11.2. The monoisotopic (exact) mass is 233 g/mol. The maximum atomic E-state index is 10.7. The molecule has 1 aromatic carbocycles. The lowest BCUT2D eigenvalue weighted by Crippen LogP contribution is -1.92. The van der Waals surface area contributed by atoms with Gasteiger partial charge in [-0.2, -0.15) is 0 Å². The van der Waals surface area contributed by atoms with Crippen molar-refractivity contribution >= 4 is 5.97 Å². The molecule has 0 aliphatic rings. The Kier molecular flexibility index (Phi) is 2.59. The Morgan fingerprint density at radius 1 is 1.29 bits per heavy atom. The summed E-state index contributed by atoms with van der Waals surface area (Å²) < 4.78 is 4.67. The lowest BCUT2D eigenvalue weighted by molar-refractivity contribution is 0.0652. The molecule has 0 spiro atoms. The van der Waals surface area contributed by atoms with Crippen LogP contribution in [0.5, 0.6) is 5.75 Å². The van der Waals surface area contributed by atoms with Crippen LogP contribution in [0.25, 0.3) is 11.3 Å². The number of aromatic carboxylic acids is 1.